The summed E-state index contributed by atoms with van der Waals surface area (Å²) in [6.07, 6.45) is 3.09. The highest BCUT2D eigenvalue weighted by Gasteiger charge is 2.35. The van der Waals surface area contributed by atoms with Crippen molar-refractivity contribution in [2.24, 2.45) is 0 Å². The second-order valence-electron chi connectivity index (χ2n) is 5.82. The summed E-state index contributed by atoms with van der Waals surface area (Å²) in [5.41, 5.74) is 0.737. The molecular formula is C15H20FNOS. The SMILES string of the molecule is O[C@@]1(CNC2CC(c3ccc(F)cc3)C2)CCSC1. The number of hydrogen-bond acceptors (Lipinski definition) is 3. The fourth-order valence-corrected chi connectivity index (χ4v) is 4.16. The molecule has 0 spiro atoms. The van der Waals surface area contributed by atoms with Crippen LogP contribution >= 0.6 is 11.8 Å². The summed E-state index contributed by atoms with van der Waals surface area (Å²) >= 11 is 1.83. The van der Waals surface area contributed by atoms with E-state index in [0.717, 1.165) is 30.8 Å². The van der Waals surface area contributed by atoms with Gasteiger partial charge in [-0.1, -0.05) is 12.1 Å². The number of benzene rings is 1. The van der Waals surface area contributed by atoms with Gasteiger partial charge in [-0.2, -0.15) is 11.8 Å². The van der Waals surface area contributed by atoms with Crippen molar-refractivity contribution in [3.05, 3.63) is 35.6 Å². The predicted octanol–water partition coefficient (Wildman–Crippen LogP) is 2.53. The topological polar surface area (TPSA) is 32.3 Å². The van der Waals surface area contributed by atoms with Gasteiger partial charge in [0.05, 0.1) is 5.60 Å². The predicted molar refractivity (Wildman–Crippen MR) is 77.1 cm³/mol. The quantitative estimate of drug-likeness (QED) is 0.889. The minimum absolute atomic E-state index is 0.168. The Morgan fingerprint density at radius 2 is 2.05 bits per heavy atom. The van der Waals surface area contributed by atoms with E-state index in [2.05, 4.69) is 5.32 Å². The van der Waals surface area contributed by atoms with Gasteiger partial charge in [0.1, 0.15) is 5.82 Å². The van der Waals surface area contributed by atoms with E-state index in [4.69, 9.17) is 0 Å². The molecule has 19 heavy (non-hydrogen) atoms. The van der Waals surface area contributed by atoms with Crippen molar-refractivity contribution in [2.45, 2.75) is 36.8 Å². The molecule has 0 unspecified atom stereocenters. The Morgan fingerprint density at radius 3 is 2.68 bits per heavy atom. The van der Waals surface area contributed by atoms with Gasteiger partial charge in [0, 0.05) is 18.3 Å². The number of aliphatic hydroxyl groups is 1. The number of nitrogens with one attached hydrogen (secondary N) is 1. The highest BCUT2D eigenvalue weighted by Crippen LogP contribution is 2.37. The average molecular weight is 281 g/mol. The van der Waals surface area contributed by atoms with Crippen LogP contribution in [0.4, 0.5) is 4.39 Å². The van der Waals surface area contributed by atoms with Gasteiger partial charge < -0.3 is 10.4 Å². The van der Waals surface area contributed by atoms with E-state index >= 15 is 0 Å². The molecule has 2 N–H and O–H groups in total. The summed E-state index contributed by atoms with van der Waals surface area (Å²) in [5, 5.41) is 13.7. The standard InChI is InChI=1S/C15H20FNOS/c16-13-3-1-11(2-4-13)12-7-14(8-12)17-9-15(18)5-6-19-10-15/h1-4,12,14,17-18H,5-10H2/t12?,14?,15-/m1/s1. The highest BCUT2D eigenvalue weighted by atomic mass is 32.2. The normalized spacial score (nSPS) is 34.2. The molecule has 1 atom stereocenters. The van der Waals surface area contributed by atoms with Gasteiger partial charge in [-0.3, -0.25) is 0 Å². The lowest BCUT2D eigenvalue weighted by atomic mass is 9.75. The summed E-state index contributed by atoms with van der Waals surface area (Å²) in [6.45, 7) is 0.709. The van der Waals surface area contributed by atoms with Crippen LogP contribution in [0.3, 0.4) is 0 Å². The van der Waals surface area contributed by atoms with Crippen LogP contribution < -0.4 is 5.32 Å². The van der Waals surface area contributed by atoms with Crippen LogP contribution in [-0.4, -0.2) is 34.8 Å². The molecular weight excluding hydrogens is 261 g/mol. The Bertz CT molecular complexity index is 424. The molecule has 0 amide bonds. The van der Waals surface area contributed by atoms with Crippen molar-refractivity contribution in [3.8, 4) is 0 Å². The van der Waals surface area contributed by atoms with Crippen molar-refractivity contribution in [1.82, 2.24) is 5.32 Å². The summed E-state index contributed by atoms with van der Waals surface area (Å²) in [7, 11) is 0. The minimum atomic E-state index is -0.494. The maximum Gasteiger partial charge on any atom is 0.123 e. The highest BCUT2D eigenvalue weighted by molar-refractivity contribution is 7.99. The molecule has 0 radical (unpaired) electrons. The lowest BCUT2D eigenvalue weighted by molar-refractivity contribution is 0.0595. The van der Waals surface area contributed by atoms with Crippen molar-refractivity contribution >= 4 is 11.8 Å². The molecule has 2 aliphatic rings. The number of rotatable bonds is 4. The zero-order valence-corrected chi connectivity index (χ0v) is 11.8. The summed E-state index contributed by atoms with van der Waals surface area (Å²) in [6, 6.07) is 7.35. The molecule has 0 aromatic heterocycles. The van der Waals surface area contributed by atoms with Crippen LogP contribution in [-0.2, 0) is 0 Å². The second kappa shape index (κ2) is 5.43. The third kappa shape index (κ3) is 3.12. The molecule has 1 saturated heterocycles. The van der Waals surface area contributed by atoms with Crippen LogP contribution in [0.25, 0.3) is 0 Å². The van der Waals surface area contributed by atoms with E-state index in [0.29, 0.717) is 18.5 Å². The molecule has 1 aliphatic carbocycles. The average Bonchev–Trinajstić information content (AvgIpc) is 2.77. The van der Waals surface area contributed by atoms with Crippen LogP contribution in [0, 0.1) is 5.82 Å². The van der Waals surface area contributed by atoms with Crippen LogP contribution in [0.1, 0.15) is 30.7 Å². The first-order valence-corrected chi connectivity index (χ1v) is 8.09. The Balaban J connectivity index is 1.44. The number of halogens is 1. The van der Waals surface area contributed by atoms with Gasteiger partial charge in [0.2, 0.25) is 0 Å². The molecule has 0 bridgehead atoms. The Hall–Kier alpha value is -0.580. The van der Waals surface area contributed by atoms with E-state index in [1.165, 1.54) is 17.7 Å². The fourth-order valence-electron chi connectivity index (χ4n) is 2.86. The van der Waals surface area contributed by atoms with Crippen molar-refractivity contribution in [2.75, 3.05) is 18.1 Å². The second-order valence-corrected chi connectivity index (χ2v) is 6.93. The van der Waals surface area contributed by atoms with Gasteiger partial charge in [-0.15, -0.1) is 0 Å². The monoisotopic (exact) mass is 281 g/mol. The third-order valence-electron chi connectivity index (χ3n) is 4.28. The van der Waals surface area contributed by atoms with E-state index in [1.807, 2.05) is 23.9 Å². The van der Waals surface area contributed by atoms with Crippen molar-refractivity contribution in [1.29, 1.82) is 0 Å². The lowest BCUT2D eigenvalue weighted by Gasteiger charge is -2.38. The molecule has 4 heteroatoms. The van der Waals surface area contributed by atoms with Gasteiger partial charge in [-0.05, 0) is 48.6 Å². The van der Waals surface area contributed by atoms with E-state index in [9.17, 15) is 9.50 Å². The largest absolute Gasteiger partial charge is 0.388 e. The molecule has 104 valence electrons. The van der Waals surface area contributed by atoms with Crippen LogP contribution in [0.15, 0.2) is 24.3 Å². The first kappa shape index (κ1) is 13.4. The molecule has 1 heterocycles. The maximum atomic E-state index is 12.8. The fraction of sp³-hybridized carbons (Fsp3) is 0.600. The van der Waals surface area contributed by atoms with E-state index in [1.54, 1.807) is 0 Å². The first-order chi connectivity index (χ1) is 9.15. The van der Waals surface area contributed by atoms with Gasteiger partial charge in [0.15, 0.2) is 0 Å². The number of thioether (sulfide) groups is 1. The first-order valence-electron chi connectivity index (χ1n) is 6.94. The van der Waals surface area contributed by atoms with Gasteiger partial charge >= 0.3 is 0 Å². The Kier molecular flexibility index (Phi) is 3.83. The Labute approximate surface area is 117 Å². The zero-order valence-electron chi connectivity index (χ0n) is 10.9. The summed E-state index contributed by atoms with van der Waals surface area (Å²) in [4.78, 5) is 0. The molecule has 1 saturated carbocycles. The molecule has 1 aromatic rings. The van der Waals surface area contributed by atoms with E-state index < -0.39 is 5.60 Å². The van der Waals surface area contributed by atoms with Crippen molar-refractivity contribution < 1.29 is 9.50 Å². The molecule has 1 aromatic carbocycles. The molecule has 3 rings (SSSR count). The summed E-state index contributed by atoms with van der Waals surface area (Å²) < 4.78 is 12.8. The van der Waals surface area contributed by atoms with Crippen LogP contribution in [0.5, 0.6) is 0 Å². The zero-order chi connectivity index (χ0) is 13.3. The number of hydrogen-bond donors (Lipinski definition) is 2. The van der Waals surface area contributed by atoms with E-state index in [-0.39, 0.29) is 5.82 Å². The molecule has 2 nitrogen and oxygen atoms in total. The van der Waals surface area contributed by atoms with Crippen LogP contribution in [0.2, 0.25) is 0 Å². The molecule has 2 fully saturated rings. The maximum absolute atomic E-state index is 12.8. The lowest BCUT2D eigenvalue weighted by Crippen LogP contribution is -2.48. The van der Waals surface area contributed by atoms with Gasteiger partial charge in [0.25, 0.3) is 0 Å². The smallest absolute Gasteiger partial charge is 0.123 e. The Morgan fingerprint density at radius 1 is 1.32 bits per heavy atom. The van der Waals surface area contributed by atoms with Gasteiger partial charge in [-0.25, -0.2) is 4.39 Å². The third-order valence-corrected chi connectivity index (χ3v) is 5.52. The van der Waals surface area contributed by atoms with Crippen molar-refractivity contribution in [3.63, 3.8) is 0 Å². The summed E-state index contributed by atoms with van der Waals surface area (Å²) in [5.74, 6) is 2.30. The molecule has 1 aliphatic heterocycles. The minimum Gasteiger partial charge on any atom is -0.388 e.